The normalized spacial score (nSPS) is 18.8. The Bertz CT molecular complexity index is 153. The number of amides is 1. The maximum atomic E-state index is 11.1. The van der Waals surface area contributed by atoms with E-state index < -0.39 is 0 Å². The van der Waals surface area contributed by atoms with Crippen LogP contribution in [0.4, 0.5) is 4.79 Å². The van der Waals surface area contributed by atoms with Crippen LogP contribution >= 0.6 is 0 Å². The minimum Gasteiger partial charge on any atom is -0.453 e. The zero-order valence-electron chi connectivity index (χ0n) is 7.75. The second-order valence-corrected chi connectivity index (χ2v) is 3.18. The average Bonchev–Trinajstić information content (AvgIpc) is 2.17. The van der Waals surface area contributed by atoms with Crippen LogP contribution in [0, 0.1) is 6.42 Å². The van der Waals surface area contributed by atoms with Gasteiger partial charge in [-0.3, -0.25) is 0 Å². The molecule has 0 aromatic rings. The molecule has 3 nitrogen and oxygen atoms in total. The molecule has 0 heterocycles. The van der Waals surface area contributed by atoms with Crippen molar-refractivity contribution >= 4 is 6.09 Å². The first-order chi connectivity index (χ1) is 5.75. The van der Waals surface area contributed by atoms with Gasteiger partial charge >= 0.3 is 6.09 Å². The highest BCUT2D eigenvalue weighted by atomic mass is 16.5. The van der Waals surface area contributed by atoms with Gasteiger partial charge in [0.2, 0.25) is 0 Å². The second-order valence-electron chi connectivity index (χ2n) is 3.18. The van der Waals surface area contributed by atoms with Crippen molar-refractivity contribution in [3.8, 4) is 0 Å². The molecule has 1 aliphatic carbocycles. The molecule has 1 aliphatic rings. The molecule has 0 spiro atoms. The lowest BCUT2D eigenvalue weighted by Crippen LogP contribution is -2.38. The van der Waals surface area contributed by atoms with Gasteiger partial charge in [-0.05, 0) is 32.1 Å². The number of hydrogen-bond acceptors (Lipinski definition) is 2. The Balaban J connectivity index is 2.39. The predicted molar refractivity (Wildman–Crippen MR) is 46.7 cm³/mol. The highest BCUT2D eigenvalue weighted by Gasteiger charge is 2.21. The molecule has 0 N–H and O–H groups in total. The molecule has 0 aromatic heterocycles. The zero-order chi connectivity index (χ0) is 8.97. The van der Waals surface area contributed by atoms with Crippen LogP contribution in [0.2, 0.25) is 0 Å². The summed E-state index contributed by atoms with van der Waals surface area (Å²) in [4.78, 5) is 12.8. The zero-order valence-corrected chi connectivity index (χ0v) is 7.75. The fraction of sp³-hybridized carbons (Fsp3) is 0.778. The van der Waals surface area contributed by atoms with Crippen molar-refractivity contribution < 1.29 is 9.53 Å². The molecule has 12 heavy (non-hydrogen) atoms. The summed E-state index contributed by atoms with van der Waals surface area (Å²) in [5.74, 6) is 0. The van der Waals surface area contributed by atoms with E-state index in [2.05, 4.69) is 11.2 Å². The van der Waals surface area contributed by atoms with Crippen LogP contribution < -0.4 is 0 Å². The van der Waals surface area contributed by atoms with Crippen molar-refractivity contribution in [2.75, 3.05) is 14.2 Å². The van der Waals surface area contributed by atoms with Crippen LogP contribution in [0.25, 0.3) is 0 Å². The summed E-state index contributed by atoms with van der Waals surface area (Å²) >= 11 is 0. The summed E-state index contributed by atoms with van der Waals surface area (Å²) in [5, 5.41) is 0. The van der Waals surface area contributed by atoms with Crippen molar-refractivity contribution in [3.05, 3.63) is 6.42 Å². The minimum absolute atomic E-state index is 0.220. The molecular weight excluding hydrogens is 154 g/mol. The molecule has 0 unspecified atom stereocenters. The highest BCUT2D eigenvalue weighted by Crippen LogP contribution is 2.20. The van der Waals surface area contributed by atoms with Crippen molar-refractivity contribution in [3.63, 3.8) is 0 Å². The van der Waals surface area contributed by atoms with E-state index in [-0.39, 0.29) is 6.09 Å². The van der Waals surface area contributed by atoms with Gasteiger partial charge in [0.25, 0.3) is 0 Å². The van der Waals surface area contributed by atoms with E-state index >= 15 is 0 Å². The lowest BCUT2D eigenvalue weighted by molar-refractivity contribution is 0.110. The van der Waals surface area contributed by atoms with Crippen LogP contribution in [-0.4, -0.2) is 31.2 Å². The van der Waals surface area contributed by atoms with Gasteiger partial charge in [0, 0.05) is 13.1 Å². The Morgan fingerprint density at radius 1 is 1.50 bits per heavy atom. The number of hydrogen-bond donors (Lipinski definition) is 0. The topological polar surface area (TPSA) is 29.5 Å². The number of nitrogens with zero attached hydrogens (tertiary/aromatic N) is 1. The largest absolute Gasteiger partial charge is 0.453 e. The molecule has 1 rings (SSSR count). The molecule has 69 valence electrons. The molecule has 3 heteroatoms. The fourth-order valence-electron chi connectivity index (χ4n) is 1.59. The number of rotatable bonds is 1. The molecule has 0 aromatic carbocycles. The van der Waals surface area contributed by atoms with E-state index in [9.17, 15) is 4.79 Å². The summed E-state index contributed by atoms with van der Waals surface area (Å²) in [6.45, 7) is 0. The standard InChI is InChI=1S/C9H16NO2/c1-10(9(11)12-2)8-6-4-3-5-7-8/h3,8H,4-7H2,1-2H3. The molecule has 1 saturated carbocycles. The second kappa shape index (κ2) is 4.33. The summed E-state index contributed by atoms with van der Waals surface area (Å²) < 4.78 is 4.64. The maximum Gasteiger partial charge on any atom is 0.409 e. The molecule has 0 bridgehead atoms. The van der Waals surface area contributed by atoms with E-state index in [1.54, 1.807) is 4.90 Å². The van der Waals surface area contributed by atoms with Gasteiger partial charge < -0.3 is 9.64 Å². The van der Waals surface area contributed by atoms with Gasteiger partial charge in [0.05, 0.1) is 7.11 Å². The number of ether oxygens (including phenoxy) is 1. The summed E-state index contributed by atoms with van der Waals surface area (Å²) in [6, 6.07) is 0.377. The van der Waals surface area contributed by atoms with E-state index in [4.69, 9.17) is 0 Å². The Hall–Kier alpha value is -0.730. The fourth-order valence-corrected chi connectivity index (χ4v) is 1.59. The van der Waals surface area contributed by atoms with Crippen molar-refractivity contribution in [2.45, 2.75) is 31.7 Å². The van der Waals surface area contributed by atoms with Crippen molar-refractivity contribution in [1.29, 1.82) is 0 Å². The van der Waals surface area contributed by atoms with E-state index in [1.807, 2.05) is 7.05 Å². The van der Waals surface area contributed by atoms with E-state index in [0.717, 1.165) is 25.7 Å². The van der Waals surface area contributed by atoms with Gasteiger partial charge in [0.1, 0.15) is 0 Å². The summed E-state index contributed by atoms with van der Waals surface area (Å²) in [7, 11) is 3.23. The Morgan fingerprint density at radius 2 is 2.08 bits per heavy atom. The van der Waals surface area contributed by atoms with Crippen LogP contribution in [-0.2, 0) is 4.74 Å². The third kappa shape index (κ3) is 2.13. The van der Waals surface area contributed by atoms with Crippen LogP contribution in [0.5, 0.6) is 0 Å². The predicted octanol–water partition coefficient (Wildman–Crippen LogP) is 1.83. The number of carbonyl (C=O) groups is 1. The average molecular weight is 170 g/mol. The van der Waals surface area contributed by atoms with Crippen LogP contribution in [0.3, 0.4) is 0 Å². The number of methoxy groups -OCH3 is 1. The first kappa shape index (κ1) is 9.36. The minimum atomic E-state index is -0.220. The highest BCUT2D eigenvalue weighted by molar-refractivity contribution is 5.67. The quantitative estimate of drug-likeness (QED) is 0.601. The lowest BCUT2D eigenvalue weighted by atomic mass is 9.95. The maximum absolute atomic E-state index is 11.1. The smallest absolute Gasteiger partial charge is 0.409 e. The first-order valence-corrected chi connectivity index (χ1v) is 4.38. The van der Waals surface area contributed by atoms with E-state index in [0.29, 0.717) is 6.04 Å². The Morgan fingerprint density at radius 3 is 2.58 bits per heavy atom. The van der Waals surface area contributed by atoms with Gasteiger partial charge in [-0.25, -0.2) is 4.79 Å². The molecular formula is C9H16NO2. The van der Waals surface area contributed by atoms with Crippen molar-refractivity contribution in [1.82, 2.24) is 4.90 Å². The summed E-state index contributed by atoms with van der Waals surface area (Å²) in [5.41, 5.74) is 0. The SMILES string of the molecule is COC(=O)N(C)C1CC[CH]CC1. The lowest BCUT2D eigenvalue weighted by Gasteiger charge is -2.29. The molecule has 0 saturated heterocycles. The van der Waals surface area contributed by atoms with Crippen LogP contribution in [0.1, 0.15) is 25.7 Å². The molecule has 1 fully saturated rings. The third-order valence-electron chi connectivity index (χ3n) is 2.42. The molecule has 0 atom stereocenters. The van der Waals surface area contributed by atoms with Gasteiger partial charge in [-0.2, -0.15) is 0 Å². The Labute approximate surface area is 73.7 Å². The Kier molecular flexibility index (Phi) is 3.38. The van der Waals surface area contributed by atoms with Crippen LogP contribution in [0.15, 0.2) is 0 Å². The van der Waals surface area contributed by atoms with E-state index in [1.165, 1.54) is 7.11 Å². The van der Waals surface area contributed by atoms with Gasteiger partial charge in [0.15, 0.2) is 0 Å². The summed E-state index contributed by atoms with van der Waals surface area (Å²) in [6.07, 6.45) is 6.44. The molecule has 1 amide bonds. The third-order valence-corrected chi connectivity index (χ3v) is 2.42. The van der Waals surface area contributed by atoms with Gasteiger partial charge in [-0.15, -0.1) is 0 Å². The first-order valence-electron chi connectivity index (χ1n) is 4.38. The van der Waals surface area contributed by atoms with Crippen molar-refractivity contribution in [2.24, 2.45) is 0 Å². The molecule has 1 radical (unpaired) electrons. The number of carbonyl (C=O) groups excluding carboxylic acids is 1. The van der Waals surface area contributed by atoms with Gasteiger partial charge in [-0.1, -0.05) is 0 Å². The monoisotopic (exact) mass is 170 g/mol. The molecule has 0 aliphatic heterocycles.